The Kier molecular flexibility index (Phi) is 6.21. The molecule has 0 fully saturated rings. The van der Waals surface area contributed by atoms with Gasteiger partial charge >= 0.3 is 0 Å². The monoisotopic (exact) mass is 405 g/mol. The Hall–Kier alpha value is -2.70. The Morgan fingerprint density at radius 3 is 2.96 bits per heavy atom. The van der Waals surface area contributed by atoms with Gasteiger partial charge in [0.05, 0.1) is 30.6 Å². The highest BCUT2D eigenvalue weighted by Gasteiger charge is 2.15. The van der Waals surface area contributed by atoms with E-state index in [1.165, 1.54) is 6.21 Å². The molecule has 0 spiro atoms. The van der Waals surface area contributed by atoms with Crippen molar-refractivity contribution in [2.75, 3.05) is 25.6 Å². The molecule has 140 valence electrons. The lowest BCUT2D eigenvalue weighted by Crippen LogP contribution is -2.26. The predicted molar refractivity (Wildman–Crippen MR) is 108 cm³/mol. The van der Waals surface area contributed by atoms with Crippen molar-refractivity contribution in [3.8, 4) is 11.5 Å². The van der Waals surface area contributed by atoms with Crippen LogP contribution in [0.4, 0.5) is 5.69 Å². The number of ether oxygens (including phenoxy) is 2. The maximum atomic E-state index is 11.9. The first kappa shape index (κ1) is 19.1. The summed E-state index contributed by atoms with van der Waals surface area (Å²) in [5, 5.41) is 7.94. The largest absolute Gasteiger partial charge is 0.495 e. The van der Waals surface area contributed by atoms with E-state index >= 15 is 0 Å². The molecule has 0 atom stereocenters. The molecule has 1 aliphatic rings. The van der Waals surface area contributed by atoms with Gasteiger partial charge in [0.25, 0.3) is 5.91 Å². The number of hydrazone groups is 1. The van der Waals surface area contributed by atoms with Crippen LogP contribution in [-0.4, -0.2) is 32.4 Å². The Balaban J connectivity index is 1.56. The van der Waals surface area contributed by atoms with Gasteiger partial charge in [-0.3, -0.25) is 4.79 Å². The molecule has 0 aromatic heterocycles. The summed E-state index contributed by atoms with van der Waals surface area (Å²) >= 11 is 12.1. The Morgan fingerprint density at radius 2 is 2.15 bits per heavy atom. The third-order valence-corrected chi connectivity index (χ3v) is 4.23. The highest BCUT2D eigenvalue weighted by molar-refractivity contribution is 6.36. The summed E-state index contributed by atoms with van der Waals surface area (Å²) in [6.07, 6.45) is 3.39. The number of anilines is 1. The molecule has 1 aliphatic heterocycles. The van der Waals surface area contributed by atoms with Gasteiger partial charge in [0.15, 0.2) is 0 Å². The van der Waals surface area contributed by atoms with Crippen LogP contribution in [0.5, 0.6) is 11.5 Å². The third kappa shape index (κ3) is 4.93. The van der Waals surface area contributed by atoms with Crippen LogP contribution in [0.3, 0.4) is 0 Å². The smallest absolute Gasteiger partial charge is 0.259 e. The van der Waals surface area contributed by atoms with Gasteiger partial charge in [-0.1, -0.05) is 35.3 Å². The lowest BCUT2D eigenvalue weighted by molar-refractivity contribution is -0.119. The highest BCUT2D eigenvalue weighted by atomic mass is 35.5. The Bertz CT molecular complexity index is 913. The van der Waals surface area contributed by atoms with E-state index in [4.69, 9.17) is 32.7 Å². The van der Waals surface area contributed by atoms with Crippen LogP contribution in [0.1, 0.15) is 5.56 Å². The van der Waals surface area contributed by atoms with Crippen LogP contribution in [0.15, 0.2) is 47.1 Å². The fourth-order valence-electron chi connectivity index (χ4n) is 2.50. The average Bonchev–Trinajstić information content (AvgIpc) is 2.66. The zero-order valence-electron chi connectivity index (χ0n) is 14.5. The summed E-state index contributed by atoms with van der Waals surface area (Å²) < 4.78 is 10.8. The number of hydrogen-bond acceptors (Lipinski definition) is 5. The number of hydrogen-bond donors (Lipinski definition) is 2. The van der Waals surface area contributed by atoms with E-state index < -0.39 is 0 Å². The van der Waals surface area contributed by atoms with Crippen LogP contribution in [0, 0.1) is 0 Å². The molecule has 0 aliphatic carbocycles. The van der Waals surface area contributed by atoms with Gasteiger partial charge in [-0.15, -0.1) is 0 Å². The van der Waals surface area contributed by atoms with Gasteiger partial charge in [-0.25, -0.2) is 5.43 Å². The van der Waals surface area contributed by atoms with E-state index in [1.807, 2.05) is 30.3 Å². The lowest BCUT2D eigenvalue weighted by Gasteiger charge is -2.17. The van der Waals surface area contributed by atoms with Gasteiger partial charge in [-0.2, -0.15) is 5.10 Å². The number of benzene rings is 2. The summed E-state index contributed by atoms with van der Waals surface area (Å²) in [7, 11) is 1.57. The standard InChI is InChI=1S/C19H17Cl2N3O3/c1-26-17-5-3-2-4-16(17)22-10-18(25)24-23-9-12-6-13-7-14(20)8-15(21)19(13)27-11-12/h2-9,22H,10-11H2,1H3,(H,24,25)/b23-9+. The second-order valence-electron chi connectivity index (χ2n) is 5.66. The van der Waals surface area contributed by atoms with Crippen molar-refractivity contribution in [3.05, 3.63) is 57.6 Å². The average molecular weight is 406 g/mol. The number of amides is 1. The van der Waals surface area contributed by atoms with Crippen LogP contribution in [-0.2, 0) is 4.79 Å². The number of fused-ring (bicyclic) bond motifs is 1. The minimum absolute atomic E-state index is 0.0569. The van der Waals surface area contributed by atoms with Crippen molar-refractivity contribution < 1.29 is 14.3 Å². The summed E-state index contributed by atoms with van der Waals surface area (Å²) in [5.74, 6) is 0.957. The molecule has 2 aromatic carbocycles. The van der Waals surface area contributed by atoms with Crippen molar-refractivity contribution in [3.63, 3.8) is 0 Å². The van der Waals surface area contributed by atoms with E-state index in [0.717, 1.165) is 16.8 Å². The molecule has 6 nitrogen and oxygen atoms in total. The van der Waals surface area contributed by atoms with Gasteiger partial charge in [-0.05, 0) is 30.3 Å². The van der Waals surface area contributed by atoms with Gasteiger partial charge < -0.3 is 14.8 Å². The Labute approximate surface area is 166 Å². The zero-order valence-corrected chi connectivity index (χ0v) is 16.0. The molecule has 27 heavy (non-hydrogen) atoms. The summed E-state index contributed by atoms with van der Waals surface area (Å²) in [5.41, 5.74) is 4.74. The zero-order chi connectivity index (χ0) is 19.2. The van der Waals surface area contributed by atoms with Gasteiger partial charge in [0.1, 0.15) is 18.1 Å². The third-order valence-electron chi connectivity index (χ3n) is 3.73. The first-order valence-electron chi connectivity index (χ1n) is 8.08. The normalized spacial score (nSPS) is 12.8. The minimum atomic E-state index is -0.291. The molecule has 8 heteroatoms. The molecule has 0 saturated carbocycles. The topological polar surface area (TPSA) is 72.0 Å². The first-order chi connectivity index (χ1) is 13.1. The molecular weight excluding hydrogens is 389 g/mol. The van der Waals surface area contributed by atoms with Crippen molar-refractivity contribution in [1.82, 2.24) is 5.43 Å². The molecule has 2 N–H and O–H groups in total. The van der Waals surface area contributed by atoms with Crippen molar-refractivity contribution >= 4 is 47.1 Å². The number of rotatable bonds is 6. The highest BCUT2D eigenvalue weighted by Crippen LogP contribution is 2.36. The molecule has 1 amide bonds. The van der Waals surface area contributed by atoms with Crippen molar-refractivity contribution in [2.24, 2.45) is 5.10 Å². The second-order valence-corrected chi connectivity index (χ2v) is 6.50. The minimum Gasteiger partial charge on any atom is -0.495 e. The number of methoxy groups -OCH3 is 1. The summed E-state index contributed by atoms with van der Waals surface area (Å²) in [6.45, 7) is 0.356. The maximum absolute atomic E-state index is 11.9. The predicted octanol–water partition coefficient (Wildman–Crippen LogP) is 3.99. The fourth-order valence-corrected chi connectivity index (χ4v) is 3.07. The summed E-state index contributed by atoms with van der Waals surface area (Å²) in [6, 6.07) is 10.7. The maximum Gasteiger partial charge on any atom is 0.259 e. The quantitative estimate of drug-likeness (QED) is 0.562. The molecule has 2 aromatic rings. The van der Waals surface area contributed by atoms with E-state index in [-0.39, 0.29) is 12.5 Å². The van der Waals surface area contributed by atoms with E-state index in [1.54, 1.807) is 19.2 Å². The van der Waals surface area contributed by atoms with Crippen LogP contribution < -0.4 is 20.2 Å². The lowest BCUT2D eigenvalue weighted by atomic mass is 10.1. The van der Waals surface area contributed by atoms with E-state index in [9.17, 15) is 4.79 Å². The van der Waals surface area contributed by atoms with Crippen molar-refractivity contribution in [2.45, 2.75) is 0 Å². The molecule has 0 saturated heterocycles. The number of para-hydroxylation sites is 2. The SMILES string of the molecule is COc1ccccc1NCC(=O)N/N=C/C1=Cc2cc(Cl)cc(Cl)c2OC1. The molecule has 3 rings (SSSR count). The number of carbonyl (C=O) groups excluding carboxylic acids is 1. The molecule has 1 heterocycles. The van der Waals surface area contributed by atoms with Crippen LogP contribution >= 0.6 is 23.2 Å². The Morgan fingerprint density at radius 1 is 1.33 bits per heavy atom. The molecule has 0 radical (unpaired) electrons. The van der Waals surface area contributed by atoms with Crippen LogP contribution in [0.25, 0.3) is 6.08 Å². The summed E-state index contributed by atoms with van der Waals surface area (Å²) in [4.78, 5) is 11.9. The van der Waals surface area contributed by atoms with Crippen LogP contribution in [0.2, 0.25) is 10.0 Å². The van der Waals surface area contributed by atoms with Gasteiger partial charge in [0, 0.05) is 16.2 Å². The molecular formula is C19H17Cl2N3O3. The first-order valence-corrected chi connectivity index (χ1v) is 8.83. The fraction of sp³-hybridized carbons (Fsp3) is 0.158. The number of carbonyl (C=O) groups is 1. The second kappa shape index (κ2) is 8.79. The van der Waals surface area contributed by atoms with E-state index in [0.29, 0.717) is 28.2 Å². The molecule has 0 unspecified atom stereocenters. The number of halogens is 2. The number of nitrogens with one attached hydrogen (secondary N) is 2. The van der Waals surface area contributed by atoms with Gasteiger partial charge in [0.2, 0.25) is 0 Å². The number of nitrogens with zero attached hydrogens (tertiary/aromatic N) is 1. The van der Waals surface area contributed by atoms with E-state index in [2.05, 4.69) is 15.8 Å². The van der Waals surface area contributed by atoms with Crippen molar-refractivity contribution in [1.29, 1.82) is 0 Å². The molecule has 0 bridgehead atoms.